The largest absolute Gasteiger partial charge is 0.466 e. The van der Waals surface area contributed by atoms with E-state index in [4.69, 9.17) is 4.74 Å². The van der Waals surface area contributed by atoms with Crippen molar-refractivity contribution in [3.63, 3.8) is 0 Å². The molecule has 0 fully saturated rings. The Labute approximate surface area is 187 Å². The highest BCUT2D eigenvalue weighted by molar-refractivity contribution is 5.69. The quantitative estimate of drug-likeness (QED) is 0.135. The van der Waals surface area contributed by atoms with E-state index in [0.29, 0.717) is 25.9 Å². The molecule has 0 saturated carbocycles. The Hall–Kier alpha value is -0.610. The van der Waals surface area contributed by atoms with Crippen LogP contribution in [0.5, 0.6) is 0 Å². The Morgan fingerprint density at radius 2 is 1.00 bits per heavy atom. The molecular weight excluding hydrogens is 376 g/mol. The van der Waals surface area contributed by atoms with Gasteiger partial charge in [0.25, 0.3) is 0 Å². The maximum absolute atomic E-state index is 11.7. The summed E-state index contributed by atoms with van der Waals surface area (Å²) in [6.07, 6.45) is 20.2. The van der Waals surface area contributed by atoms with E-state index in [1.54, 1.807) is 0 Å². The van der Waals surface area contributed by atoms with Crippen LogP contribution in [0.25, 0.3) is 0 Å². The van der Waals surface area contributed by atoms with E-state index in [2.05, 4.69) is 13.8 Å². The molecule has 0 aliphatic carbocycles. The molecule has 0 bridgehead atoms. The van der Waals surface area contributed by atoms with Crippen molar-refractivity contribution in [3.8, 4) is 0 Å². The van der Waals surface area contributed by atoms with E-state index < -0.39 is 12.2 Å². The number of hydrogen-bond acceptors (Lipinski definition) is 4. The Bertz CT molecular complexity index is 359. The first kappa shape index (κ1) is 29.4. The summed E-state index contributed by atoms with van der Waals surface area (Å²) in [6, 6.07) is 0. The van der Waals surface area contributed by atoms with Crippen LogP contribution in [0.3, 0.4) is 0 Å². The number of ether oxygens (including phenoxy) is 1. The van der Waals surface area contributed by atoms with Gasteiger partial charge in [0.2, 0.25) is 0 Å². The van der Waals surface area contributed by atoms with Gasteiger partial charge in [-0.2, -0.15) is 0 Å². The number of carbonyl (C=O) groups is 1. The first-order chi connectivity index (χ1) is 14.6. The lowest BCUT2D eigenvalue weighted by atomic mass is 9.99. The first-order valence-corrected chi connectivity index (χ1v) is 13.1. The van der Waals surface area contributed by atoms with Crippen molar-refractivity contribution in [1.29, 1.82) is 0 Å². The van der Waals surface area contributed by atoms with Crippen LogP contribution in [-0.2, 0) is 9.53 Å². The number of hydrogen-bond donors (Lipinski definition) is 2. The van der Waals surface area contributed by atoms with Gasteiger partial charge in [0.1, 0.15) is 0 Å². The van der Waals surface area contributed by atoms with Crippen molar-refractivity contribution in [2.45, 2.75) is 154 Å². The molecule has 0 saturated heterocycles. The minimum absolute atomic E-state index is 0.0585. The van der Waals surface area contributed by atoms with Gasteiger partial charge in [0, 0.05) is 6.42 Å². The van der Waals surface area contributed by atoms with Crippen LogP contribution < -0.4 is 0 Å². The van der Waals surface area contributed by atoms with Gasteiger partial charge in [-0.1, -0.05) is 110 Å². The fourth-order valence-electron chi connectivity index (χ4n) is 3.81. The number of carbonyl (C=O) groups excluding carboxylic acids is 1. The summed E-state index contributed by atoms with van der Waals surface area (Å²) in [5, 5.41) is 20.1. The number of aliphatic hydroxyl groups is 2. The van der Waals surface area contributed by atoms with Crippen LogP contribution in [0.4, 0.5) is 0 Å². The zero-order chi connectivity index (χ0) is 22.3. The summed E-state index contributed by atoms with van der Waals surface area (Å²) in [5.74, 6) is -0.0585. The third-order valence-corrected chi connectivity index (χ3v) is 5.94. The van der Waals surface area contributed by atoms with Crippen molar-refractivity contribution < 1.29 is 19.7 Å². The molecule has 2 atom stereocenters. The molecule has 4 nitrogen and oxygen atoms in total. The van der Waals surface area contributed by atoms with Gasteiger partial charge in [0.15, 0.2) is 0 Å². The molecule has 0 aromatic carbocycles. The van der Waals surface area contributed by atoms with E-state index in [9.17, 15) is 15.0 Å². The molecular formula is C26H52O4. The minimum Gasteiger partial charge on any atom is -0.466 e. The average Bonchev–Trinajstić information content (AvgIpc) is 2.74. The van der Waals surface area contributed by atoms with Gasteiger partial charge in [-0.3, -0.25) is 4.79 Å². The van der Waals surface area contributed by atoms with Gasteiger partial charge < -0.3 is 14.9 Å². The summed E-state index contributed by atoms with van der Waals surface area (Å²) in [6.45, 7) is 5.00. The number of rotatable bonds is 23. The Morgan fingerprint density at radius 1 is 0.600 bits per heavy atom. The standard InChI is InChI=1S/C26H52O4/c1-3-5-7-9-12-16-20-24(27)25(28)21-17-13-11-14-18-22-26(29)30-23-19-15-10-8-6-4-2/h24-25,27-28H,3-23H2,1-2H3. The molecule has 0 aromatic heterocycles. The summed E-state index contributed by atoms with van der Waals surface area (Å²) in [4.78, 5) is 11.7. The van der Waals surface area contributed by atoms with Crippen LogP contribution in [0, 0.1) is 0 Å². The Kier molecular flexibility index (Phi) is 22.6. The molecule has 0 amide bonds. The lowest BCUT2D eigenvalue weighted by Crippen LogP contribution is -2.25. The number of aliphatic hydroxyl groups excluding tert-OH is 2. The first-order valence-electron chi connectivity index (χ1n) is 13.1. The lowest BCUT2D eigenvalue weighted by molar-refractivity contribution is -0.143. The van der Waals surface area contributed by atoms with Crippen LogP contribution in [0.1, 0.15) is 142 Å². The van der Waals surface area contributed by atoms with Crippen molar-refractivity contribution >= 4 is 5.97 Å². The van der Waals surface area contributed by atoms with E-state index in [1.807, 2.05) is 0 Å². The Morgan fingerprint density at radius 3 is 1.50 bits per heavy atom. The van der Waals surface area contributed by atoms with Gasteiger partial charge in [-0.05, 0) is 25.7 Å². The second kappa shape index (κ2) is 23.1. The maximum Gasteiger partial charge on any atom is 0.305 e. The van der Waals surface area contributed by atoms with E-state index in [1.165, 1.54) is 51.4 Å². The summed E-state index contributed by atoms with van der Waals surface area (Å²) in [5.41, 5.74) is 0. The van der Waals surface area contributed by atoms with Gasteiger partial charge >= 0.3 is 5.97 Å². The van der Waals surface area contributed by atoms with Gasteiger partial charge in [-0.15, -0.1) is 0 Å². The molecule has 4 heteroatoms. The second-order valence-electron chi connectivity index (χ2n) is 8.99. The normalized spacial score (nSPS) is 13.3. The monoisotopic (exact) mass is 428 g/mol. The number of unbranched alkanes of at least 4 members (excludes halogenated alkanes) is 14. The highest BCUT2D eigenvalue weighted by atomic mass is 16.5. The third kappa shape index (κ3) is 20.7. The summed E-state index contributed by atoms with van der Waals surface area (Å²) < 4.78 is 5.29. The molecule has 0 aliphatic rings. The molecule has 0 aliphatic heterocycles. The van der Waals surface area contributed by atoms with Crippen LogP contribution in [0.2, 0.25) is 0 Å². The van der Waals surface area contributed by atoms with Crippen molar-refractivity contribution in [1.82, 2.24) is 0 Å². The van der Waals surface area contributed by atoms with E-state index >= 15 is 0 Å². The highest BCUT2D eigenvalue weighted by Crippen LogP contribution is 2.15. The van der Waals surface area contributed by atoms with E-state index in [-0.39, 0.29) is 5.97 Å². The lowest BCUT2D eigenvalue weighted by Gasteiger charge is -2.17. The van der Waals surface area contributed by atoms with E-state index in [0.717, 1.165) is 57.8 Å². The van der Waals surface area contributed by atoms with Crippen molar-refractivity contribution in [2.24, 2.45) is 0 Å². The summed E-state index contributed by atoms with van der Waals surface area (Å²) in [7, 11) is 0. The second-order valence-corrected chi connectivity index (χ2v) is 8.99. The zero-order valence-electron chi connectivity index (χ0n) is 20.2. The van der Waals surface area contributed by atoms with Crippen LogP contribution in [-0.4, -0.2) is 35.0 Å². The fourth-order valence-corrected chi connectivity index (χ4v) is 3.81. The molecule has 0 aromatic rings. The fraction of sp³-hybridized carbons (Fsp3) is 0.962. The topological polar surface area (TPSA) is 66.8 Å². The SMILES string of the molecule is CCCCCCCCOC(=O)CCCCCCCC(O)C(O)CCCCCCCC. The molecule has 0 rings (SSSR count). The zero-order valence-corrected chi connectivity index (χ0v) is 20.2. The minimum atomic E-state index is -0.586. The van der Waals surface area contributed by atoms with Gasteiger partial charge in [0.05, 0.1) is 18.8 Å². The molecule has 2 unspecified atom stereocenters. The molecule has 0 heterocycles. The van der Waals surface area contributed by atoms with Gasteiger partial charge in [-0.25, -0.2) is 0 Å². The third-order valence-electron chi connectivity index (χ3n) is 5.94. The molecule has 0 spiro atoms. The smallest absolute Gasteiger partial charge is 0.305 e. The van der Waals surface area contributed by atoms with Crippen LogP contribution >= 0.6 is 0 Å². The van der Waals surface area contributed by atoms with Crippen molar-refractivity contribution in [3.05, 3.63) is 0 Å². The molecule has 0 radical (unpaired) electrons. The predicted octanol–water partition coefficient (Wildman–Crippen LogP) is 7.09. The summed E-state index contributed by atoms with van der Waals surface area (Å²) >= 11 is 0. The number of esters is 1. The molecule has 2 N–H and O–H groups in total. The molecule has 30 heavy (non-hydrogen) atoms. The Balaban J connectivity index is 3.39. The highest BCUT2D eigenvalue weighted by Gasteiger charge is 2.15. The molecule has 180 valence electrons. The predicted molar refractivity (Wildman–Crippen MR) is 127 cm³/mol. The maximum atomic E-state index is 11.7. The van der Waals surface area contributed by atoms with Crippen molar-refractivity contribution in [2.75, 3.05) is 6.61 Å². The van der Waals surface area contributed by atoms with Crippen LogP contribution in [0.15, 0.2) is 0 Å². The average molecular weight is 429 g/mol.